The average molecular weight is 495 g/mol. The highest BCUT2D eigenvalue weighted by Crippen LogP contribution is 2.44. The third-order valence-corrected chi connectivity index (χ3v) is 7.00. The highest BCUT2D eigenvalue weighted by atomic mass is 16.5. The molecular formula is C28H34N2O6. The van der Waals surface area contributed by atoms with Gasteiger partial charge in [0.05, 0.1) is 25.8 Å². The van der Waals surface area contributed by atoms with Gasteiger partial charge >= 0.3 is 0 Å². The number of carbonyl (C=O) groups excluding carboxylic acids is 2. The van der Waals surface area contributed by atoms with Gasteiger partial charge in [0.25, 0.3) is 11.7 Å². The van der Waals surface area contributed by atoms with E-state index >= 15 is 0 Å². The number of likely N-dealkylation sites (tertiary alicyclic amines) is 1. The predicted octanol–water partition coefficient (Wildman–Crippen LogP) is 3.79. The Morgan fingerprint density at radius 1 is 1.11 bits per heavy atom. The molecule has 8 nitrogen and oxygen atoms in total. The summed E-state index contributed by atoms with van der Waals surface area (Å²) in [6.45, 7) is 8.68. The largest absolute Gasteiger partial charge is 0.507 e. The number of hydrogen-bond acceptors (Lipinski definition) is 7. The van der Waals surface area contributed by atoms with Crippen molar-refractivity contribution in [3.63, 3.8) is 0 Å². The molecule has 2 heterocycles. The molecule has 0 saturated carbocycles. The highest BCUT2D eigenvalue weighted by molar-refractivity contribution is 6.46. The number of carbonyl (C=O) groups is 2. The number of amides is 1. The van der Waals surface area contributed by atoms with Crippen LogP contribution in [-0.2, 0) is 16.0 Å². The van der Waals surface area contributed by atoms with Gasteiger partial charge in [-0.1, -0.05) is 13.8 Å². The lowest BCUT2D eigenvalue weighted by Crippen LogP contribution is -2.38. The van der Waals surface area contributed by atoms with Crippen LogP contribution in [0.5, 0.6) is 17.2 Å². The lowest BCUT2D eigenvalue weighted by Gasteiger charge is -2.29. The fourth-order valence-electron chi connectivity index (χ4n) is 4.99. The van der Waals surface area contributed by atoms with Gasteiger partial charge in [-0.25, -0.2) is 0 Å². The molecule has 1 amide bonds. The van der Waals surface area contributed by atoms with E-state index in [-0.39, 0.29) is 17.4 Å². The number of Topliss-reactive ketones (excluding diaryl/α,β-unsaturated/α-hetero) is 1. The minimum atomic E-state index is -0.801. The van der Waals surface area contributed by atoms with Crippen molar-refractivity contribution < 1.29 is 28.9 Å². The van der Waals surface area contributed by atoms with Gasteiger partial charge in [0.1, 0.15) is 29.1 Å². The number of likely N-dealkylation sites (N-methyl/N-ethyl adjacent to an activating group) is 1. The van der Waals surface area contributed by atoms with Crippen LogP contribution in [0.15, 0.2) is 42.0 Å². The van der Waals surface area contributed by atoms with Gasteiger partial charge < -0.3 is 29.1 Å². The number of fused-ring (bicyclic) bond motifs is 1. The zero-order valence-corrected chi connectivity index (χ0v) is 21.5. The summed E-state index contributed by atoms with van der Waals surface area (Å²) < 4.78 is 16.8. The zero-order valence-electron chi connectivity index (χ0n) is 21.5. The number of methoxy groups -OCH3 is 2. The van der Waals surface area contributed by atoms with Gasteiger partial charge in [-0.05, 0) is 55.9 Å². The Labute approximate surface area is 212 Å². The van der Waals surface area contributed by atoms with Crippen LogP contribution in [-0.4, -0.2) is 73.1 Å². The maximum absolute atomic E-state index is 13.4. The summed E-state index contributed by atoms with van der Waals surface area (Å²) in [6, 6.07) is 9.81. The number of hydrogen-bond donors (Lipinski definition) is 1. The van der Waals surface area contributed by atoms with E-state index in [2.05, 4.69) is 18.7 Å². The molecule has 0 aliphatic carbocycles. The minimum Gasteiger partial charge on any atom is -0.507 e. The maximum Gasteiger partial charge on any atom is 0.295 e. The molecule has 2 aromatic rings. The first-order valence-electron chi connectivity index (χ1n) is 12.3. The second-order valence-electron chi connectivity index (χ2n) is 9.08. The molecule has 4 rings (SSSR count). The lowest BCUT2D eigenvalue weighted by molar-refractivity contribution is -0.140. The van der Waals surface area contributed by atoms with E-state index in [1.54, 1.807) is 37.4 Å². The molecule has 36 heavy (non-hydrogen) atoms. The van der Waals surface area contributed by atoms with Gasteiger partial charge in [0, 0.05) is 36.7 Å². The quantitative estimate of drug-likeness (QED) is 0.322. The van der Waals surface area contributed by atoms with E-state index < -0.39 is 17.7 Å². The van der Waals surface area contributed by atoms with Gasteiger partial charge in [0.2, 0.25) is 0 Å². The molecule has 1 N–H and O–H groups in total. The fourth-order valence-corrected chi connectivity index (χ4v) is 4.99. The molecule has 8 heteroatoms. The molecule has 2 aliphatic heterocycles. The molecule has 2 aromatic carbocycles. The van der Waals surface area contributed by atoms with Crippen molar-refractivity contribution in [2.45, 2.75) is 39.3 Å². The first-order chi connectivity index (χ1) is 17.3. The minimum absolute atomic E-state index is 0.0478. The highest BCUT2D eigenvalue weighted by Gasteiger charge is 2.47. The molecule has 1 saturated heterocycles. The number of aliphatic hydroxyl groups excluding tert-OH is 1. The summed E-state index contributed by atoms with van der Waals surface area (Å²) in [5, 5.41) is 11.5. The normalized spacial score (nSPS) is 20.6. The average Bonchev–Trinajstić information content (AvgIpc) is 3.39. The molecule has 192 valence electrons. The fraction of sp³-hybridized carbons (Fsp3) is 0.429. The molecule has 0 unspecified atom stereocenters. The van der Waals surface area contributed by atoms with Crippen molar-refractivity contribution in [1.82, 2.24) is 9.80 Å². The summed E-state index contributed by atoms with van der Waals surface area (Å²) >= 11 is 0. The molecule has 1 fully saturated rings. The summed E-state index contributed by atoms with van der Waals surface area (Å²) in [6.07, 6.45) is 0.760. The van der Waals surface area contributed by atoms with Crippen molar-refractivity contribution in [2.24, 2.45) is 0 Å². The van der Waals surface area contributed by atoms with Crippen LogP contribution in [0.3, 0.4) is 0 Å². The maximum atomic E-state index is 13.4. The van der Waals surface area contributed by atoms with Gasteiger partial charge in [-0.15, -0.1) is 0 Å². The first kappa shape index (κ1) is 25.6. The van der Waals surface area contributed by atoms with Gasteiger partial charge in [-0.3, -0.25) is 9.59 Å². The summed E-state index contributed by atoms with van der Waals surface area (Å²) in [7, 11) is 3.09. The SMILES string of the molecule is CCN(CC)CCN1C(=O)C(=O)C(=C(O)c2ccc3c(c2)C[C@@H](C)O3)[C@H]1c1ccc(OC)cc1OC. The Kier molecular flexibility index (Phi) is 7.54. The summed E-state index contributed by atoms with van der Waals surface area (Å²) in [5.74, 6) is 0.278. The second-order valence-corrected chi connectivity index (χ2v) is 9.08. The van der Waals surface area contributed by atoms with E-state index in [1.165, 1.54) is 12.0 Å². The van der Waals surface area contributed by atoms with Crippen LogP contribution in [0.1, 0.15) is 43.5 Å². The number of aliphatic hydroxyl groups is 1. The number of rotatable bonds is 9. The Hall–Kier alpha value is -3.52. The monoisotopic (exact) mass is 494 g/mol. The van der Waals surface area contributed by atoms with Crippen molar-refractivity contribution in [2.75, 3.05) is 40.4 Å². The Balaban J connectivity index is 1.84. The lowest BCUT2D eigenvalue weighted by atomic mass is 9.93. The topological polar surface area (TPSA) is 88.5 Å². The van der Waals surface area contributed by atoms with Crippen molar-refractivity contribution in [1.29, 1.82) is 0 Å². The molecule has 0 aromatic heterocycles. The Morgan fingerprint density at radius 3 is 2.53 bits per heavy atom. The molecule has 0 spiro atoms. The van der Waals surface area contributed by atoms with Gasteiger partial charge in [0.15, 0.2) is 0 Å². The van der Waals surface area contributed by atoms with E-state index in [0.717, 1.165) is 24.4 Å². The number of nitrogens with zero attached hydrogens (tertiary/aromatic N) is 2. The third-order valence-electron chi connectivity index (χ3n) is 7.00. The van der Waals surface area contributed by atoms with E-state index in [9.17, 15) is 14.7 Å². The summed E-state index contributed by atoms with van der Waals surface area (Å²) in [5.41, 5.74) is 2.10. The van der Waals surface area contributed by atoms with Crippen molar-refractivity contribution in [3.05, 3.63) is 58.7 Å². The van der Waals surface area contributed by atoms with Crippen LogP contribution in [0.4, 0.5) is 0 Å². The standard InChI is InChI=1S/C28H34N2O6/c1-6-29(7-2)12-13-30-25(21-10-9-20(34-4)16-23(21)35-5)24(27(32)28(30)33)26(31)18-8-11-22-19(15-18)14-17(3)36-22/h8-11,15-17,25,31H,6-7,12-14H2,1-5H3/t17-,25-/m1/s1. The number of ketones is 1. The van der Waals surface area contributed by atoms with Crippen molar-refractivity contribution >= 4 is 17.4 Å². The first-order valence-corrected chi connectivity index (χ1v) is 12.3. The van der Waals surface area contributed by atoms with E-state index in [0.29, 0.717) is 42.1 Å². The van der Waals surface area contributed by atoms with Crippen LogP contribution >= 0.6 is 0 Å². The van der Waals surface area contributed by atoms with Crippen LogP contribution in [0.25, 0.3) is 5.76 Å². The van der Waals surface area contributed by atoms with Gasteiger partial charge in [-0.2, -0.15) is 0 Å². The third kappa shape index (κ3) is 4.65. The molecular weight excluding hydrogens is 460 g/mol. The Bertz CT molecular complexity index is 1190. The molecule has 2 atom stereocenters. The van der Waals surface area contributed by atoms with Crippen LogP contribution < -0.4 is 14.2 Å². The second kappa shape index (κ2) is 10.6. The summed E-state index contributed by atoms with van der Waals surface area (Å²) in [4.78, 5) is 30.4. The van der Waals surface area contributed by atoms with E-state index in [1.807, 2.05) is 13.0 Å². The molecule has 0 bridgehead atoms. The number of ether oxygens (including phenoxy) is 3. The molecule has 0 radical (unpaired) electrons. The Morgan fingerprint density at radius 2 is 1.86 bits per heavy atom. The van der Waals surface area contributed by atoms with Crippen molar-refractivity contribution in [3.8, 4) is 17.2 Å². The van der Waals surface area contributed by atoms with Crippen LogP contribution in [0.2, 0.25) is 0 Å². The predicted molar refractivity (Wildman–Crippen MR) is 137 cm³/mol. The smallest absolute Gasteiger partial charge is 0.295 e. The van der Waals surface area contributed by atoms with E-state index in [4.69, 9.17) is 14.2 Å². The molecule has 2 aliphatic rings. The zero-order chi connectivity index (χ0) is 26.0. The number of benzene rings is 2. The van der Waals surface area contributed by atoms with Crippen LogP contribution in [0, 0.1) is 0 Å².